The molecule has 7 heteroatoms. The molecule has 6 nitrogen and oxygen atoms in total. The van der Waals surface area contributed by atoms with Crippen LogP contribution < -0.4 is 0 Å². The highest BCUT2D eigenvalue weighted by atomic mass is 35.5. The maximum atomic E-state index is 13.5. The summed E-state index contributed by atoms with van der Waals surface area (Å²) in [7, 11) is 0. The number of rotatable bonds is 4. The molecule has 33 heavy (non-hydrogen) atoms. The summed E-state index contributed by atoms with van der Waals surface area (Å²) in [5.74, 6) is -0.0596. The Hall–Kier alpha value is -3.77. The lowest BCUT2D eigenvalue weighted by atomic mass is 9.95. The number of aromatic amines is 1. The number of nitrogens with one attached hydrogen (secondary N) is 1. The molecule has 0 saturated heterocycles. The first-order valence-corrected chi connectivity index (χ1v) is 10.9. The molecule has 1 aromatic heterocycles. The van der Waals surface area contributed by atoms with Gasteiger partial charge >= 0.3 is 0 Å². The van der Waals surface area contributed by atoms with E-state index < -0.39 is 6.04 Å². The lowest BCUT2D eigenvalue weighted by molar-refractivity contribution is 0.0730. The summed E-state index contributed by atoms with van der Waals surface area (Å²) in [6.45, 7) is 4.20. The molecule has 0 fully saturated rings. The smallest absolute Gasteiger partial charge is 0.273 e. The Bertz CT molecular complexity index is 1380. The van der Waals surface area contributed by atoms with Gasteiger partial charge < -0.3 is 15.1 Å². The minimum Gasteiger partial charge on any atom is -0.508 e. The number of carbonyl (C=O) groups is 1. The van der Waals surface area contributed by atoms with E-state index in [2.05, 4.69) is 10.2 Å². The minimum absolute atomic E-state index is 0.0327. The number of hydrogen-bond acceptors (Lipinski definition) is 4. The lowest BCUT2D eigenvalue weighted by Crippen LogP contribution is -2.29. The van der Waals surface area contributed by atoms with Crippen molar-refractivity contribution in [3.63, 3.8) is 0 Å². The fourth-order valence-corrected chi connectivity index (χ4v) is 4.52. The largest absolute Gasteiger partial charge is 0.508 e. The molecule has 1 aliphatic heterocycles. The topological polar surface area (TPSA) is 89.5 Å². The Labute approximate surface area is 196 Å². The van der Waals surface area contributed by atoms with Crippen molar-refractivity contribution in [2.24, 2.45) is 0 Å². The zero-order chi connectivity index (χ0) is 23.3. The Balaban J connectivity index is 1.68. The molecule has 3 N–H and O–H groups in total. The van der Waals surface area contributed by atoms with Gasteiger partial charge in [0.2, 0.25) is 0 Å². The van der Waals surface area contributed by atoms with Gasteiger partial charge in [0.05, 0.1) is 6.04 Å². The fraction of sp³-hybridized carbons (Fsp3) is 0.154. The number of H-pyrrole nitrogens is 1. The van der Waals surface area contributed by atoms with Gasteiger partial charge in [-0.15, -0.1) is 0 Å². The number of phenols is 2. The van der Waals surface area contributed by atoms with Gasteiger partial charge in [-0.25, -0.2) is 0 Å². The van der Waals surface area contributed by atoms with Crippen molar-refractivity contribution in [3.8, 4) is 22.8 Å². The molecule has 5 rings (SSSR count). The summed E-state index contributed by atoms with van der Waals surface area (Å²) in [5, 5.41) is 28.6. The van der Waals surface area contributed by atoms with Gasteiger partial charge in [-0.1, -0.05) is 53.6 Å². The molecule has 1 atom stereocenters. The summed E-state index contributed by atoms with van der Waals surface area (Å²) in [6, 6.07) is 17.6. The van der Waals surface area contributed by atoms with Gasteiger partial charge in [-0.05, 0) is 54.8 Å². The van der Waals surface area contributed by atoms with E-state index in [9.17, 15) is 15.0 Å². The molecule has 166 valence electrons. The molecule has 4 aromatic rings. The van der Waals surface area contributed by atoms with E-state index in [4.69, 9.17) is 11.6 Å². The third-order valence-electron chi connectivity index (χ3n) is 6.06. The molecule has 2 heterocycles. The summed E-state index contributed by atoms with van der Waals surface area (Å²) in [6.07, 6.45) is 0. The Kier molecular flexibility index (Phi) is 5.10. The van der Waals surface area contributed by atoms with Crippen LogP contribution in [0, 0.1) is 13.8 Å². The number of nitrogens with zero attached hydrogens (tertiary/aromatic N) is 2. The highest BCUT2D eigenvalue weighted by Crippen LogP contribution is 2.46. The van der Waals surface area contributed by atoms with Gasteiger partial charge in [0.15, 0.2) is 0 Å². The van der Waals surface area contributed by atoms with Crippen LogP contribution >= 0.6 is 11.6 Å². The lowest BCUT2D eigenvalue weighted by Gasteiger charge is -2.27. The van der Waals surface area contributed by atoms with Crippen LogP contribution in [0.2, 0.25) is 5.02 Å². The Morgan fingerprint density at radius 2 is 1.82 bits per heavy atom. The van der Waals surface area contributed by atoms with Crippen LogP contribution in [-0.2, 0) is 6.54 Å². The predicted molar refractivity (Wildman–Crippen MR) is 126 cm³/mol. The molecule has 0 aliphatic carbocycles. The fourth-order valence-electron chi connectivity index (χ4n) is 4.35. The summed E-state index contributed by atoms with van der Waals surface area (Å²) in [5.41, 5.74) is 5.52. The second-order valence-corrected chi connectivity index (χ2v) is 8.80. The van der Waals surface area contributed by atoms with E-state index in [1.807, 2.05) is 44.2 Å². The summed E-state index contributed by atoms with van der Waals surface area (Å²) >= 11 is 6.35. The maximum absolute atomic E-state index is 13.5. The molecule has 0 saturated carbocycles. The monoisotopic (exact) mass is 459 g/mol. The van der Waals surface area contributed by atoms with Crippen molar-refractivity contribution >= 4 is 17.5 Å². The maximum Gasteiger partial charge on any atom is 0.273 e. The molecule has 0 unspecified atom stereocenters. The van der Waals surface area contributed by atoms with Crippen LogP contribution in [0.3, 0.4) is 0 Å². The predicted octanol–water partition coefficient (Wildman–Crippen LogP) is 5.50. The highest BCUT2D eigenvalue weighted by molar-refractivity contribution is 6.31. The zero-order valence-corrected chi connectivity index (χ0v) is 18.9. The first-order valence-electron chi connectivity index (χ1n) is 10.6. The number of fused-ring (bicyclic) bond motifs is 1. The van der Waals surface area contributed by atoms with Crippen LogP contribution in [0.5, 0.6) is 11.5 Å². The normalized spacial score (nSPS) is 15.2. The Morgan fingerprint density at radius 1 is 1.06 bits per heavy atom. The van der Waals surface area contributed by atoms with Gasteiger partial charge in [0.25, 0.3) is 5.91 Å². The Morgan fingerprint density at radius 3 is 2.55 bits per heavy atom. The van der Waals surface area contributed by atoms with Crippen molar-refractivity contribution in [3.05, 3.63) is 99.2 Å². The van der Waals surface area contributed by atoms with E-state index in [0.717, 1.165) is 22.3 Å². The average molecular weight is 460 g/mol. The number of benzene rings is 3. The van der Waals surface area contributed by atoms with Crippen LogP contribution in [-0.4, -0.2) is 31.2 Å². The number of aryl methyl sites for hydroxylation is 2. The molecular weight excluding hydrogens is 438 g/mol. The molecule has 1 amide bonds. The minimum atomic E-state index is -0.505. The number of carbonyl (C=O) groups excluding carboxylic acids is 1. The molecule has 0 bridgehead atoms. The molecule has 3 aromatic carbocycles. The third kappa shape index (κ3) is 3.62. The molecule has 0 radical (unpaired) electrons. The van der Waals surface area contributed by atoms with Gasteiger partial charge in [-0.2, -0.15) is 5.10 Å². The van der Waals surface area contributed by atoms with Crippen LogP contribution in [0.1, 0.15) is 44.3 Å². The van der Waals surface area contributed by atoms with Crippen molar-refractivity contribution in [2.75, 3.05) is 0 Å². The van der Waals surface area contributed by atoms with E-state index >= 15 is 0 Å². The van der Waals surface area contributed by atoms with Crippen molar-refractivity contribution < 1.29 is 15.0 Å². The number of amides is 1. The van der Waals surface area contributed by atoms with E-state index in [-0.39, 0.29) is 17.4 Å². The van der Waals surface area contributed by atoms with Crippen LogP contribution in [0.4, 0.5) is 0 Å². The van der Waals surface area contributed by atoms with Gasteiger partial charge in [-0.3, -0.25) is 9.89 Å². The number of hydrogen-bond donors (Lipinski definition) is 3. The van der Waals surface area contributed by atoms with E-state index in [1.165, 1.54) is 0 Å². The number of halogens is 1. The first kappa shape index (κ1) is 21.1. The van der Waals surface area contributed by atoms with E-state index in [1.54, 1.807) is 35.2 Å². The van der Waals surface area contributed by atoms with Gasteiger partial charge in [0, 0.05) is 22.7 Å². The second-order valence-electron chi connectivity index (χ2n) is 8.40. The summed E-state index contributed by atoms with van der Waals surface area (Å²) in [4.78, 5) is 15.2. The number of aromatic hydroxyl groups is 2. The van der Waals surface area contributed by atoms with Crippen molar-refractivity contribution in [2.45, 2.75) is 26.4 Å². The number of aromatic nitrogens is 2. The van der Waals surface area contributed by atoms with Crippen LogP contribution in [0.15, 0.2) is 60.7 Å². The van der Waals surface area contributed by atoms with E-state index in [0.29, 0.717) is 34.1 Å². The molecule has 0 spiro atoms. The standard InChI is InChI=1S/C26H22ClN3O3/c1-14-6-8-16(9-7-14)13-30-25(17-4-3-5-18(31)11-17)22-23(28-29-24(22)26(30)33)19-12-20(27)15(2)10-21(19)32/h3-12,25,31-32H,13H2,1-2H3,(H,28,29)/t25-/m1/s1. The van der Waals surface area contributed by atoms with Crippen LogP contribution in [0.25, 0.3) is 11.3 Å². The third-order valence-corrected chi connectivity index (χ3v) is 6.46. The van der Waals surface area contributed by atoms with Crippen molar-refractivity contribution in [1.29, 1.82) is 0 Å². The second kappa shape index (κ2) is 7.98. The highest BCUT2D eigenvalue weighted by Gasteiger charge is 2.42. The molecule has 1 aliphatic rings. The average Bonchev–Trinajstić information content (AvgIpc) is 3.32. The molecular formula is C26H22ClN3O3. The SMILES string of the molecule is Cc1ccc(CN2C(=O)c3[nH]nc(-c4cc(Cl)c(C)cc4O)c3[C@H]2c2cccc(O)c2)cc1. The first-order chi connectivity index (χ1) is 15.8. The zero-order valence-electron chi connectivity index (χ0n) is 18.1. The van der Waals surface area contributed by atoms with Crippen molar-refractivity contribution in [1.82, 2.24) is 15.1 Å². The summed E-state index contributed by atoms with van der Waals surface area (Å²) < 4.78 is 0. The number of phenolic OH excluding ortho intramolecular Hbond substituents is 2. The van der Waals surface area contributed by atoms with Gasteiger partial charge in [0.1, 0.15) is 22.9 Å². The quantitative estimate of drug-likeness (QED) is 0.375.